The molecular formula is H6Na2O4S. The van der Waals surface area contributed by atoms with E-state index >= 15 is 0 Å². The first-order valence-electron chi connectivity index (χ1n) is 0.532. The van der Waals surface area contributed by atoms with E-state index in [0.717, 1.165) is 0 Å². The molecule has 7 heavy (non-hydrogen) atoms. The van der Waals surface area contributed by atoms with Crippen LogP contribution < -0.4 is 0 Å². The normalized spacial score (nSPS) is 5.00. The van der Waals surface area contributed by atoms with E-state index in [1.807, 2.05) is 0 Å². The van der Waals surface area contributed by atoms with Gasteiger partial charge in [0.1, 0.15) is 0 Å². The molecule has 0 aliphatic rings. The van der Waals surface area contributed by atoms with Gasteiger partial charge in [-0.05, 0) is 0 Å². The zero-order chi connectivity index (χ0) is 3.58. The van der Waals surface area contributed by atoms with Crippen LogP contribution in [-0.4, -0.2) is 77.9 Å². The molecular weight excluding hydrogens is 142 g/mol. The van der Waals surface area contributed by atoms with Gasteiger partial charge in [0.15, 0.2) is 0 Å². The van der Waals surface area contributed by atoms with Crippen LogP contribution >= 0.6 is 0 Å². The predicted molar refractivity (Wildman–Crippen MR) is 31.3 cm³/mol. The number of rotatable bonds is 0. The molecule has 0 amide bonds. The minimum absolute atomic E-state index is 0. The molecule has 4 nitrogen and oxygen atoms in total. The van der Waals surface area contributed by atoms with Crippen molar-refractivity contribution in [1.82, 2.24) is 0 Å². The van der Waals surface area contributed by atoms with Crippen LogP contribution in [0.4, 0.5) is 0 Å². The van der Waals surface area contributed by atoms with E-state index in [1.165, 1.54) is 0 Å². The van der Waals surface area contributed by atoms with Crippen LogP contribution in [0.3, 0.4) is 0 Å². The summed E-state index contributed by atoms with van der Waals surface area (Å²) in [6.45, 7) is 0. The van der Waals surface area contributed by atoms with Gasteiger partial charge in [-0.1, -0.05) is 0 Å². The Labute approximate surface area is 88.1 Å². The van der Waals surface area contributed by atoms with E-state index in [1.54, 1.807) is 0 Å². The van der Waals surface area contributed by atoms with E-state index in [2.05, 4.69) is 0 Å². The van der Waals surface area contributed by atoms with E-state index in [9.17, 15) is 0 Å². The van der Waals surface area contributed by atoms with Crippen LogP contribution in [-0.2, 0) is 11.4 Å². The molecule has 0 aromatic rings. The third kappa shape index (κ3) is 70.9. The molecule has 7 heteroatoms. The summed E-state index contributed by atoms with van der Waals surface area (Å²) in [6, 6.07) is 0. The summed E-state index contributed by atoms with van der Waals surface area (Å²) < 4.78 is 22.8. The Morgan fingerprint density at radius 3 is 1.14 bits per heavy atom. The van der Waals surface area contributed by atoms with Crippen LogP contribution in [0.15, 0.2) is 0 Å². The Hall–Kier alpha value is 2.03. The quantitative estimate of drug-likeness (QED) is 0.295. The van der Waals surface area contributed by atoms with Gasteiger partial charge >= 0.3 is 59.1 Å². The van der Waals surface area contributed by atoms with Crippen LogP contribution in [0.2, 0.25) is 0 Å². The Morgan fingerprint density at radius 1 is 1.14 bits per heavy atom. The Kier molecular flexibility index (Phi) is 51.6. The van der Waals surface area contributed by atoms with Gasteiger partial charge in [0.05, 0.1) is 0 Å². The molecule has 0 saturated heterocycles. The fourth-order valence-corrected chi connectivity index (χ4v) is 0. The van der Waals surface area contributed by atoms with Crippen molar-refractivity contribution in [3.63, 3.8) is 0 Å². The average Bonchev–Trinajstić information content (AvgIpc) is 0.811. The molecule has 0 unspecified atom stereocenters. The van der Waals surface area contributed by atoms with E-state index in [4.69, 9.17) is 13.3 Å². The van der Waals surface area contributed by atoms with Crippen molar-refractivity contribution in [3.05, 3.63) is 0 Å². The summed E-state index contributed by atoms with van der Waals surface area (Å²) in [5, 5.41) is 0. The molecule has 4 N–H and O–H groups in total. The van der Waals surface area contributed by atoms with Gasteiger partial charge in [-0.15, -0.1) is 0 Å². The van der Waals surface area contributed by atoms with Crippen molar-refractivity contribution in [1.29, 1.82) is 0 Å². The Balaban J connectivity index is -0.0000000150. The van der Waals surface area contributed by atoms with Gasteiger partial charge in [0, 0.05) is 0 Å². The van der Waals surface area contributed by atoms with Crippen LogP contribution in [0.5, 0.6) is 0 Å². The van der Waals surface area contributed by atoms with Crippen LogP contribution in [0.25, 0.3) is 0 Å². The maximum absolute atomic E-state index is 8.67. The van der Waals surface area contributed by atoms with E-state index in [0.29, 0.717) is 0 Å². The molecule has 0 bridgehead atoms. The molecule has 0 saturated carbocycles. The molecule has 0 radical (unpaired) electrons. The molecule has 0 aliphatic heterocycles. The summed E-state index contributed by atoms with van der Waals surface area (Å²) in [7, 11) is 0. The molecule has 0 heterocycles. The van der Waals surface area contributed by atoms with E-state index < -0.39 is 11.4 Å². The Morgan fingerprint density at radius 2 is 1.14 bits per heavy atom. The van der Waals surface area contributed by atoms with Crippen LogP contribution in [0, 0.1) is 0 Å². The fourth-order valence-electron chi connectivity index (χ4n) is 0. The molecule has 0 aromatic heterocycles. The first-order valence-corrected chi connectivity index (χ1v) is 1.60. The SMILES string of the molecule is O.O=S(O)O.[NaH].[NaH]. The van der Waals surface area contributed by atoms with Gasteiger partial charge in [-0.2, -0.15) is 4.21 Å². The van der Waals surface area contributed by atoms with Crippen molar-refractivity contribution in [2.24, 2.45) is 0 Å². The van der Waals surface area contributed by atoms with Crippen molar-refractivity contribution in [2.75, 3.05) is 0 Å². The predicted octanol–water partition coefficient (Wildman–Crippen LogP) is -2.44. The summed E-state index contributed by atoms with van der Waals surface area (Å²) >= 11 is -2.61. The minimum atomic E-state index is -2.61. The summed E-state index contributed by atoms with van der Waals surface area (Å²) in [6.07, 6.45) is 0. The number of hydrogen-bond acceptors (Lipinski definition) is 1. The van der Waals surface area contributed by atoms with Gasteiger partial charge < -0.3 is 5.48 Å². The maximum atomic E-state index is 8.67. The zero-order valence-corrected chi connectivity index (χ0v) is 3.03. The first kappa shape index (κ1) is 23.0. The standard InChI is InChI=1S/2Na.H2O3S.H2O.2H/c;;1-4(2)3;;;/h;;(H2,1,2,3);1H2;;. The first-order chi connectivity index (χ1) is 1.73. The molecule has 0 rings (SSSR count). The summed E-state index contributed by atoms with van der Waals surface area (Å²) in [5.41, 5.74) is 0. The molecule has 0 fully saturated rings. The third-order valence-electron chi connectivity index (χ3n) is 0. The molecule has 0 aliphatic carbocycles. The van der Waals surface area contributed by atoms with Gasteiger partial charge in [-0.3, -0.25) is 9.11 Å². The topological polar surface area (TPSA) is 89.0 Å². The fraction of sp³-hybridized carbons (Fsp3) is 0. The second-order valence-corrected chi connectivity index (χ2v) is 0.692. The second kappa shape index (κ2) is 15.7. The van der Waals surface area contributed by atoms with Crippen LogP contribution in [0.1, 0.15) is 0 Å². The zero-order valence-electron chi connectivity index (χ0n) is 2.21. The van der Waals surface area contributed by atoms with Gasteiger partial charge in [0.2, 0.25) is 0 Å². The van der Waals surface area contributed by atoms with Gasteiger partial charge in [-0.25, -0.2) is 0 Å². The van der Waals surface area contributed by atoms with Crippen molar-refractivity contribution >= 4 is 70.5 Å². The summed E-state index contributed by atoms with van der Waals surface area (Å²) in [4.78, 5) is 0. The molecule has 0 spiro atoms. The van der Waals surface area contributed by atoms with Crippen molar-refractivity contribution in [3.8, 4) is 0 Å². The molecule has 0 aromatic carbocycles. The molecule has 38 valence electrons. The van der Waals surface area contributed by atoms with Gasteiger partial charge in [0.25, 0.3) is 11.4 Å². The average molecular weight is 148 g/mol. The monoisotopic (exact) mass is 148 g/mol. The Bertz CT molecular complexity index is 32.7. The number of hydrogen-bond donors (Lipinski definition) is 2. The second-order valence-electron chi connectivity index (χ2n) is 0.231. The third-order valence-corrected chi connectivity index (χ3v) is 0. The summed E-state index contributed by atoms with van der Waals surface area (Å²) in [5.74, 6) is 0. The van der Waals surface area contributed by atoms with Crippen molar-refractivity contribution < 1.29 is 18.8 Å². The van der Waals surface area contributed by atoms with E-state index in [-0.39, 0.29) is 64.6 Å². The van der Waals surface area contributed by atoms with Crippen molar-refractivity contribution in [2.45, 2.75) is 0 Å². The molecule has 0 atom stereocenters.